The van der Waals surface area contributed by atoms with Crippen molar-refractivity contribution in [1.29, 1.82) is 0 Å². The normalized spacial score (nSPS) is 16.7. The molecular weight excluding hydrogens is 284 g/mol. The van der Waals surface area contributed by atoms with E-state index >= 15 is 0 Å². The van der Waals surface area contributed by atoms with Crippen molar-refractivity contribution >= 4 is 10.0 Å². The van der Waals surface area contributed by atoms with Crippen molar-refractivity contribution in [3.05, 3.63) is 29.8 Å². The van der Waals surface area contributed by atoms with E-state index in [1.165, 1.54) is 0 Å². The van der Waals surface area contributed by atoms with Gasteiger partial charge in [-0.1, -0.05) is 31.9 Å². The predicted molar refractivity (Wildman–Crippen MR) is 85.6 cm³/mol. The fraction of sp³-hybridized carbons (Fsp3) is 0.625. The van der Waals surface area contributed by atoms with Crippen LogP contribution in [0.25, 0.3) is 0 Å². The van der Waals surface area contributed by atoms with E-state index in [0.29, 0.717) is 18.0 Å². The van der Waals surface area contributed by atoms with Gasteiger partial charge in [0.05, 0.1) is 4.90 Å². The maximum Gasteiger partial charge on any atom is 0.243 e. The molecule has 0 spiro atoms. The summed E-state index contributed by atoms with van der Waals surface area (Å²) in [5.74, 6) is 0. The highest BCUT2D eigenvalue weighted by molar-refractivity contribution is 7.89. The van der Waals surface area contributed by atoms with Crippen LogP contribution >= 0.6 is 0 Å². The smallest absolute Gasteiger partial charge is 0.243 e. The fourth-order valence-electron chi connectivity index (χ4n) is 3.09. The quantitative estimate of drug-likeness (QED) is 0.841. The van der Waals surface area contributed by atoms with Gasteiger partial charge in [-0.15, -0.1) is 0 Å². The molecule has 1 fully saturated rings. The highest BCUT2D eigenvalue weighted by Crippen LogP contribution is 2.28. The molecule has 1 aliphatic carbocycles. The number of benzene rings is 1. The second-order valence-corrected chi connectivity index (χ2v) is 7.57. The van der Waals surface area contributed by atoms with Crippen molar-refractivity contribution in [2.75, 3.05) is 13.1 Å². The molecule has 1 aromatic rings. The van der Waals surface area contributed by atoms with Crippen LogP contribution < -0.4 is 5.73 Å². The van der Waals surface area contributed by atoms with Gasteiger partial charge >= 0.3 is 0 Å². The summed E-state index contributed by atoms with van der Waals surface area (Å²) < 4.78 is 27.2. The maximum absolute atomic E-state index is 12.8. The molecule has 0 aliphatic heterocycles. The zero-order chi connectivity index (χ0) is 15.3. The molecule has 0 bridgehead atoms. The van der Waals surface area contributed by atoms with Crippen molar-refractivity contribution in [2.24, 2.45) is 5.73 Å². The van der Waals surface area contributed by atoms with Crippen LogP contribution in [0.5, 0.6) is 0 Å². The monoisotopic (exact) mass is 310 g/mol. The van der Waals surface area contributed by atoms with Gasteiger partial charge < -0.3 is 5.73 Å². The van der Waals surface area contributed by atoms with Crippen molar-refractivity contribution in [2.45, 2.75) is 56.4 Å². The Morgan fingerprint density at radius 1 is 1.19 bits per heavy atom. The Balaban J connectivity index is 2.17. The van der Waals surface area contributed by atoms with E-state index in [1.54, 1.807) is 16.4 Å². The number of hydrogen-bond acceptors (Lipinski definition) is 3. The molecule has 118 valence electrons. The summed E-state index contributed by atoms with van der Waals surface area (Å²) in [7, 11) is -3.36. The lowest BCUT2D eigenvalue weighted by atomic mass is 10.1. The highest BCUT2D eigenvalue weighted by Gasteiger charge is 2.31. The number of nitrogens with two attached hydrogens (primary N) is 1. The fourth-order valence-corrected chi connectivity index (χ4v) is 4.78. The Bertz CT molecular complexity index is 534. The van der Waals surface area contributed by atoms with E-state index in [0.717, 1.165) is 44.1 Å². The third-order valence-corrected chi connectivity index (χ3v) is 6.28. The van der Waals surface area contributed by atoms with Crippen LogP contribution in [0.4, 0.5) is 0 Å². The number of nitrogens with zero attached hydrogens (tertiary/aromatic N) is 1. The average molecular weight is 310 g/mol. The molecule has 21 heavy (non-hydrogen) atoms. The van der Waals surface area contributed by atoms with Gasteiger partial charge in [0.2, 0.25) is 10.0 Å². The molecule has 1 aliphatic rings. The largest absolute Gasteiger partial charge is 0.330 e. The van der Waals surface area contributed by atoms with Crippen LogP contribution in [0.3, 0.4) is 0 Å². The summed E-state index contributed by atoms with van der Waals surface area (Å²) in [6.45, 7) is 3.12. The van der Waals surface area contributed by atoms with E-state index in [4.69, 9.17) is 5.73 Å². The molecule has 5 heteroatoms. The molecule has 4 nitrogen and oxygen atoms in total. The molecule has 2 rings (SSSR count). The second kappa shape index (κ2) is 7.38. The molecule has 0 atom stereocenters. The van der Waals surface area contributed by atoms with Crippen LogP contribution in [0.15, 0.2) is 29.2 Å². The second-order valence-electron chi connectivity index (χ2n) is 5.68. The third-order valence-electron chi connectivity index (χ3n) is 4.24. The molecule has 0 saturated heterocycles. The lowest BCUT2D eigenvalue weighted by Gasteiger charge is -2.26. The van der Waals surface area contributed by atoms with E-state index in [-0.39, 0.29) is 6.04 Å². The van der Waals surface area contributed by atoms with Crippen molar-refractivity contribution in [3.8, 4) is 0 Å². The highest BCUT2D eigenvalue weighted by atomic mass is 32.2. The summed E-state index contributed by atoms with van der Waals surface area (Å²) in [5, 5.41) is 0. The summed E-state index contributed by atoms with van der Waals surface area (Å²) in [6.07, 6.45) is 6.07. The van der Waals surface area contributed by atoms with Crippen molar-refractivity contribution in [3.63, 3.8) is 0 Å². The number of hydrogen-bond donors (Lipinski definition) is 1. The molecule has 1 aromatic carbocycles. The van der Waals surface area contributed by atoms with Crippen LogP contribution in [0.1, 0.15) is 44.6 Å². The van der Waals surface area contributed by atoms with Gasteiger partial charge in [-0.2, -0.15) is 4.31 Å². The van der Waals surface area contributed by atoms with Crippen LogP contribution in [0, 0.1) is 0 Å². The summed E-state index contributed by atoms with van der Waals surface area (Å²) in [6, 6.07) is 7.46. The minimum absolute atomic E-state index is 0.178. The van der Waals surface area contributed by atoms with Crippen LogP contribution in [-0.4, -0.2) is 31.9 Å². The standard InChI is InChI=1S/C16H26N2O2S/c1-2-18(15-7-3-4-8-15)21(19,20)16-11-9-14(10-12-16)6-5-13-17/h9-12,15H,2-8,13,17H2,1H3. The topological polar surface area (TPSA) is 63.4 Å². The molecular formula is C16H26N2O2S. The lowest BCUT2D eigenvalue weighted by Crippen LogP contribution is -2.38. The minimum atomic E-state index is -3.36. The number of sulfonamides is 1. The molecule has 0 aromatic heterocycles. The molecule has 0 heterocycles. The van der Waals surface area contributed by atoms with E-state index in [2.05, 4.69) is 0 Å². The first kappa shape index (κ1) is 16.5. The molecule has 0 radical (unpaired) electrons. The molecule has 0 unspecified atom stereocenters. The van der Waals surface area contributed by atoms with Gasteiger partial charge in [0.15, 0.2) is 0 Å². The lowest BCUT2D eigenvalue weighted by molar-refractivity contribution is 0.335. The first-order valence-electron chi connectivity index (χ1n) is 7.90. The van der Waals surface area contributed by atoms with Gasteiger partial charge in [-0.25, -0.2) is 8.42 Å². The van der Waals surface area contributed by atoms with Gasteiger partial charge in [-0.3, -0.25) is 0 Å². The Hall–Kier alpha value is -0.910. The van der Waals surface area contributed by atoms with Crippen molar-refractivity contribution in [1.82, 2.24) is 4.31 Å². The summed E-state index contributed by atoms with van der Waals surface area (Å²) in [4.78, 5) is 0.410. The first-order chi connectivity index (χ1) is 10.1. The van der Waals surface area contributed by atoms with Crippen molar-refractivity contribution < 1.29 is 8.42 Å². The van der Waals surface area contributed by atoms with E-state index in [1.807, 2.05) is 19.1 Å². The SMILES string of the molecule is CCN(C1CCCC1)S(=O)(=O)c1ccc(CCCN)cc1. The Morgan fingerprint density at radius 3 is 2.33 bits per heavy atom. The molecule has 0 amide bonds. The molecule has 1 saturated carbocycles. The Morgan fingerprint density at radius 2 is 1.81 bits per heavy atom. The molecule has 2 N–H and O–H groups in total. The summed E-state index contributed by atoms with van der Waals surface area (Å²) >= 11 is 0. The number of aryl methyl sites for hydroxylation is 1. The van der Waals surface area contributed by atoms with Gasteiger partial charge in [0.25, 0.3) is 0 Å². The maximum atomic E-state index is 12.8. The third kappa shape index (κ3) is 3.84. The predicted octanol–water partition coefficient (Wildman–Crippen LogP) is 2.53. The van der Waals surface area contributed by atoms with Crippen LogP contribution in [0.2, 0.25) is 0 Å². The van der Waals surface area contributed by atoms with Gasteiger partial charge in [-0.05, 0) is 49.9 Å². The van der Waals surface area contributed by atoms with E-state index < -0.39 is 10.0 Å². The average Bonchev–Trinajstić information content (AvgIpc) is 3.00. The van der Waals surface area contributed by atoms with Gasteiger partial charge in [0.1, 0.15) is 0 Å². The van der Waals surface area contributed by atoms with E-state index in [9.17, 15) is 8.42 Å². The first-order valence-corrected chi connectivity index (χ1v) is 9.34. The number of rotatable bonds is 7. The zero-order valence-electron chi connectivity index (χ0n) is 12.8. The van der Waals surface area contributed by atoms with Crippen LogP contribution in [-0.2, 0) is 16.4 Å². The Labute approximate surface area is 128 Å². The minimum Gasteiger partial charge on any atom is -0.330 e. The Kier molecular flexibility index (Phi) is 5.79. The van der Waals surface area contributed by atoms with Gasteiger partial charge in [0, 0.05) is 12.6 Å². The summed E-state index contributed by atoms with van der Waals surface area (Å²) in [5.41, 5.74) is 6.64. The zero-order valence-corrected chi connectivity index (χ0v) is 13.6.